The highest BCUT2D eigenvalue weighted by atomic mass is 32.2. The summed E-state index contributed by atoms with van der Waals surface area (Å²) in [5, 5.41) is 14.5. The minimum atomic E-state index is -1.42. The van der Waals surface area contributed by atoms with Crippen LogP contribution in [0.25, 0.3) is 0 Å². The van der Waals surface area contributed by atoms with E-state index in [1.807, 2.05) is 20.8 Å². The molecule has 0 fully saturated rings. The first kappa shape index (κ1) is 15.2. The molecule has 0 bridgehead atoms. The monoisotopic (exact) mass is 248 g/mol. The lowest BCUT2D eigenvalue weighted by molar-refractivity contribution is -0.124. The Kier molecular flexibility index (Phi) is 5.81. The van der Waals surface area contributed by atoms with E-state index >= 15 is 0 Å². The van der Waals surface area contributed by atoms with Crippen LogP contribution in [0.1, 0.15) is 27.7 Å². The van der Waals surface area contributed by atoms with Crippen LogP contribution in [-0.2, 0) is 16.0 Å². The standard InChI is InChI=1S/C10H20N2O3S/c1-6-16(15)9(12-14)7(8(13)11-5)10(2,3)4/h7,14H,6H2,1-5H3,(H,11,13)/b12-9-. The summed E-state index contributed by atoms with van der Waals surface area (Å²) in [7, 11) is 1.50. The van der Waals surface area contributed by atoms with Crippen molar-refractivity contribution < 1.29 is 14.6 Å². The molecule has 6 heteroatoms. The average Bonchev–Trinajstić information content (AvgIpc) is 2.21. The van der Waals surface area contributed by atoms with Gasteiger partial charge in [0.1, 0.15) is 11.7 Å². The summed E-state index contributed by atoms with van der Waals surface area (Å²) in [6, 6.07) is 0. The minimum absolute atomic E-state index is 0.0364. The van der Waals surface area contributed by atoms with E-state index in [0.29, 0.717) is 5.75 Å². The number of hydrogen-bond acceptors (Lipinski definition) is 4. The summed E-state index contributed by atoms with van der Waals surface area (Å²) >= 11 is -1.42. The lowest BCUT2D eigenvalue weighted by atomic mass is 9.80. The Morgan fingerprint density at radius 3 is 2.31 bits per heavy atom. The smallest absolute Gasteiger partial charge is 0.267 e. The lowest BCUT2D eigenvalue weighted by Crippen LogP contribution is -2.44. The zero-order valence-electron chi connectivity index (χ0n) is 10.4. The van der Waals surface area contributed by atoms with Gasteiger partial charge < -0.3 is 15.1 Å². The summed E-state index contributed by atoms with van der Waals surface area (Å²) in [5.74, 6) is -0.659. The van der Waals surface area contributed by atoms with Crippen molar-refractivity contribution >= 4 is 22.1 Å². The zero-order valence-corrected chi connectivity index (χ0v) is 11.2. The van der Waals surface area contributed by atoms with E-state index in [2.05, 4.69) is 10.5 Å². The number of nitrogens with zero attached hydrogens (tertiary/aromatic N) is 1. The van der Waals surface area contributed by atoms with E-state index < -0.39 is 22.5 Å². The third-order valence-electron chi connectivity index (χ3n) is 2.22. The molecule has 5 nitrogen and oxygen atoms in total. The van der Waals surface area contributed by atoms with E-state index in [4.69, 9.17) is 5.21 Å². The van der Waals surface area contributed by atoms with Crippen LogP contribution < -0.4 is 5.32 Å². The fourth-order valence-electron chi connectivity index (χ4n) is 1.40. The molecule has 0 spiro atoms. The van der Waals surface area contributed by atoms with Gasteiger partial charge in [-0.2, -0.15) is 0 Å². The number of amides is 1. The number of rotatable bonds is 3. The molecule has 0 aliphatic carbocycles. The number of nitrogens with one attached hydrogen (secondary N) is 1. The maximum atomic E-state index is 11.7. The highest BCUT2D eigenvalue weighted by molar-refractivity contribution is 8.06. The maximum Gasteiger partial charge on any atom is 0.267 e. The lowest BCUT2D eigenvalue weighted by Gasteiger charge is -2.28. The van der Waals surface area contributed by atoms with Crippen molar-refractivity contribution in [1.29, 1.82) is 0 Å². The predicted octanol–water partition coefficient (Wildman–Crippen LogP) is 0.951. The van der Waals surface area contributed by atoms with Gasteiger partial charge >= 0.3 is 0 Å². The largest absolute Gasteiger partial charge is 0.610 e. The van der Waals surface area contributed by atoms with Gasteiger partial charge in [-0.25, -0.2) is 0 Å². The summed E-state index contributed by atoms with van der Waals surface area (Å²) in [6.07, 6.45) is 0. The molecule has 0 aromatic carbocycles. The summed E-state index contributed by atoms with van der Waals surface area (Å²) in [6.45, 7) is 7.23. The number of hydrogen-bond donors (Lipinski definition) is 2. The van der Waals surface area contributed by atoms with Gasteiger partial charge in [0.2, 0.25) is 5.91 Å². The van der Waals surface area contributed by atoms with Gasteiger partial charge in [0.15, 0.2) is 0 Å². The molecular formula is C10H20N2O3S. The van der Waals surface area contributed by atoms with Gasteiger partial charge in [-0.15, -0.1) is 0 Å². The molecule has 16 heavy (non-hydrogen) atoms. The van der Waals surface area contributed by atoms with Crippen LogP contribution in [0.2, 0.25) is 0 Å². The summed E-state index contributed by atoms with van der Waals surface area (Å²) in [4.78, 5) is 11.7. The average molecular weight is 248 g/mol. The molecule has 0 aliphatic heterocycles. The molecular weight excluding hydrogens is 228 g/mol. The Morgan fingerprint density at radius 1 is 1.56 bits per heavy atom. The van der Waals surface area contributed by atoms with Crippen LogP contribution in [0.3, 0.4) is 0 Å². The first-order valence-electron chi connectivity index (χ1n) is 5.11. The Labute approximate surface area is 99.5 Å². The molecule has 0 radical (unpaired) electrons. The van der Waals surface area contributed by atoms with Gasteiger partial charge in [-0.3, -0.25) is 4.79 Å². The van der Waals surface area contributed by atoms with Gasteiger partial charge in [0.25, 0.3) is 5.04 Å². The fraction of sp³-hybridized carbons (Fsp3) is 0.800. The van der Waals surface area contributed by atoms with Crippen molar-refractivity contribution in [3.63, 3.8) is 0 Å². The van der Waals surface area contributed by atoms with Crippen molar-refractivity contribution in [3.8, 4) is 0 Å². The number of carbonyl (C=O) groups is 1. The minimum Gasteiger partial charge on any atom is -0.610 e. The molecule has 0 aromatic rings. The molecule has 0 rings (SSSR count). The molecule has 0 saturated heterocycles. The van der Waals surface area contributed by atoms with Gasteiger partial charge in [-0.1, -0.05) is 20.8 Å². The van der Waals surface area contributed by atoms with Crippen LogP contribution in [0.5, 0.6) is 0 Å². The third kappa shape index (κ3) is 3.68. The van der Waals surface area contributed by atoms with Crippen molar-refractivity contribution in [2.24, 2.45) is 16.5 Å². The molecule has 0 saturated carbocycles. The van der Waals surface area contributed by atoms with Crippen LogP contribution in [0.4, 0.5) is 0 Å². The predicted molar refractivity (Wildman–Crippen MR) is 64.9 cm³/mol. The number of oxime groups is 1. The molecule has 0 heterocycles. The maximum absolute atomic E-state index is 11.7. The quantitative estimate of drug-likeness (QED) is 0.256. The highest BCUT2D eigenvalue weighted by Crippen LogP contribution is 2.29. The van der Waals surface area contributed by atoms with Gasteiger partial charge in [0.05, 0.1) is 0 Å². The van der Waals surface area contributed by atoms with Crippen LogP contribution in [0.15, 0.2) is 5.16 Å². The first-order valence-corrected chi connectivity index (χ1v) is 6.43. The Morgan fingerprint density at radius 2 is 2.06 bits per heavy atom. The second-order valence-electron chi connectivity index (χ2n) is 4.49. The van der Waals surface area contributed by atoms with Crippen molar-refractivity contribution in [1.82, 2.24) is 5.32 Å². The molecule has 2 N–H and O–H groups in total. The van der Waals surface area contributed by atoms with E-state index in [0.717, 1.165) is 0 Å². The van der Waals surface area contributed by atoms with E-state index in [9.17, 15) is 9.35 Å². The zero-order chi connectivity index (χ0) is 12.9. The second kappa shape index (κ2) is 6.10. The van der Waals surface area contributed by atoms with Crippen LogP contribution >= 0.6 is 0 Å². The SMILES string of the molecule is CC[S+]([O-])/C(=N\O)C(C(=O)NC)C(C)(C)C. The van der Waals surface area contributed by atoms with Crippen molar-refractivity contribution in [3.05, 3.63) is 0 Å². The number of carbonyl (C=O) groups excluding carboxylic acids is 1. The molecule has 94 valence electrons. The molecule has 2 unspecified atom stereocenters. The molecule has 1 amide bonds. The molecule has 0 aliphatic rings. The van der Waals surface area contributed by atoms with E-state index in [1.165, 1.54) is 7.05 Å². The fourth-order valence-corrected chi connectivity index (χ4v) is 2.51. The molecule has 0 aromatic heterocycles. The van der Waals surface area contributed by atoms with Gasteiger partial charge in [0, 0.05) is 18.2 Å². The Balaban J connectivity index is 5.25. The summed E-state index contributed by atoms with van der Waals surface area (Å²) in [5.41, 5.74) is -0.452. The van der Waals surface area contributed by atoms with Crippen molar-refractivity contribution in [2.45, 2.75) is 27.7 Å². The Bertz CT molecular complexity index is 274. The Hall–Kier alpha value is -0.750. The van der Waals surface area contributed by atoms with Crippen LogP contribution in [0, 0.1) is 11.3 Å². The molecule has 2 atom stereocenters. The third-order valence-corrected chi connectivity index (χ3v) is 3.52. The summed E-state index contributed by atoms with van der Waals surface area (Å²) < 4.78 is 11.7. The normalized spacial score (nSPS) is 16.8. The van der Waals surface area contributed by atoms with Gasteiger partial charge in [-0.05, 0) is 17.5 Å². The first-order chi connectivity index (χ1) is 7.29. The second-order valence-corrected chi connectivity index (χ2v) is 6.17. The highest BCUT2D eigenvalue weighted by Gasteiger charge is 2.41. The topological polar surface area (TPSA) is 84.8 Å². The van der Waals surface area contributed by atoms with Crippen molar-refractivity contribution in [2.75, 3.05) is 12.8 Å². The van der Waals surface area contributed by atoms with E-state index in [1.54, 1.807) is 6.92 Å². The van der Waals surface area contributed by atoms with Crippen LogP contribution in [-0.4, -0.2) is 33.5 Å². The van der Waals surface area contributed by atoms with E-state index in [-0.39, 0.29) is 11.0 Å².